The van der Waals surface area contributed by atoms with Gasteiger partial charge in [-0.3, -0.25) is 4.57 Å². The maximum Gasteiger partial charge on any atom is 0.347 e. The van der Waals surface area contributed by atoms with Gasteiger partial charge in [0.2, 0.25) is 0 Å². The molecule has 0 saturated carbocycles. The normalized spacial score (nSPS) is 17.2. The van der Waals surface area contributed by atoms with Crippen molar-refractivity contribution < 1.29 is 9.53 Å². The Hall–Kier alpha value is -1.89. The fourth-order valence-corrected chi connectivity index (χ4v) is 3.48. The molecule has 0 radical (unpaired) electrons. The van der Waals surface area contributed by atoms with Crippen LogP contribution in [-0.2, 0) is 22.5 Å². The molecule has 2 heterocycles. The van der Waals surface area contributed by atoms with E-state index in [1.807, 2.05) is 45.0 Å². The van der Waals surface area contributed by atoms with Crippen molar-refractivity contribution in [1.82, 2.24) is 14.3 Å². The SMILES string of the molecule is CC(C)(C)OC(=O)C1CCCc2nn(Cc3cccc(Br)c3)c(=O)n21. The van der Waals surface area contributed by atoms with E-state index in [0.717, 1.165) is 16.5 Å². The molecule has 0 fully saturated rings. The Labute approximate surface area is 154 Å². The van der Waals surface area contributed by atoms with Gasteiger partial charge in [0.25, 0.3) is 0 Å². The number of nitrogens with zero attached hydrogens (tertiary/aromatic N) is 3. The average Bonchev–Trinajstić information content (AvgIpc) is 2.82. The Morgan fingerprint density at radius 2 is 2.16 bits per heavy atom. The Morgan fingerprint density at radius 1 is 1.40 bits per heavy atom. The van der Waals surface area contributed by atoms with E-state index in [2.05, 4.69) is 21.0 Å². The number of aromatic nitrogens is 3. The van der Waals surface area contributed by atoms with Gasteiger partial charge < -0.3 is 4.74 Å². The first kappa shape index (κ1) is 17.9. The Balaban J connectivity index is 1.91. The van der Waals surface area contributed by atoms with Gasteiger partial charge in [0.1, 0.15) is 17.5 Å². The highest BCUT2D eigenvalue weighted by Crippen LogP contribution is 2.25. The van der Waals surface area contributed by atoms with Crippen LogP contribution in [0.3, 0.4) is 0 Å². The fraction of sp³-hybridized carbons (Fsp3) is 0.500. The minimum Gasteiger partial charge on any atom is -0.458 e. The number of esters is 1. The molecule has 25 heavy (non-hydrogen) atoms. The third kappa shape index (κ3) is 4.03. The van der Waals surface area contributed by atoms with Crippen LogP contribution in [0.25, 0.3) is 0 Å². The lowest BCUT2D eigenvalue weighted by Crippen LogP contribution is -2.38. The molecule has 1 aromatic carbocycles. The zero-order valence-corrected chi connectivity index (χ0v) is 16.2. The number of benzene rings is 1. The first-order chi connectivity index (χ1) is 11.7. The molecule has 7 heteroatoms. The zero-order chi connectivity index (χ0) is 18.2. The lowest BCUT2D eigenvalue weighted by Gasteiger charge is -2.26. The molecule has 6 nitrogen and oxygen atoms in total. The highest BCUT2D eigenvalue weighted by atomic mass is 79.9. The summed E-state index contributed by atoms with van der Waals surface area (Å²) in [7, 11) is 0. The second-order valence-electron chi connectivity index (χ2n) is 7.30. The minimum atomic E-state index is -0.591. The number of rotatable bonds is 3. The van der Waals surface area contributed by atoms with Gasteiger partial charge in [0.15, 0.2) is 0 Å². The second kappa shape index (κ2) is 6.78. The van der Waals surface area contributed by atoms with Gasteiger partial charge in [0.05, 0.1) is 6.54 Å². The molecule has 1 aromatic heterocycles. The number of ether oxygens (including phenoxy) is 1. The zero-order valence-electron chi connectivity index (χ0n) is 14.7. The number of fused-ring (bicyclic) bond motifs is 1. The molecule has 1 aliphatic heterocycles. The first-order valence-electron chi connectivity index (χ1n) is 8.40. The summed E-state index contributed by atoms with van der Waals surface area (Å²) in [6.45, 7) is 5.86. The van der Waals surface area contributed by atoms with Crippen molar-refractivity contribution in [2.45, 2.75) is 58.2 Å². The van der Waals surface area contributed by atoms with Crippen LogP contribution in [0, 0.1) is 0 Å². The van der Waals surface area contributed by atoms with Crippen LogP contribution >= 0.6 is 15.9 Å². The van der Waals surface area contributed by atoms with Crippen molar-refractivity contribution in [2.24, 2.45) is 0 Å². The molecule has 1 aliphatic rings. The molecule has 2 aromatic rings. The van der Waals surface area contributed by atoms with Crippen molar-refractivity contribution in [3.8, 4) is 0 Å². The highest BCUT2D eigenvalue weighted by Gasteiger charge is 2.33. The standard InChI is InChI=1S/C18H22BrN3O3/c1-18(2,3)25-16(23)14-8-5-9-15-20-21(17(24)22(14)15)11-12-6-4-7-13(19)10-12/h4,6-7,10,14H,5,8-9,11H2,1-3H3. The maximum absolute atomic E-state index is 12.8. The number of halogens is 1. The predicted octanol–water partition coefficient (Wildman–Crippen LogP) is 3.07. The summed E-state index contributed by atoms with van der Waals surface area (Å²) in [5, 5.41) is 4.45. The molecule has 134 valence electrons. The van der Waals surface area contributed by atoms with Crippen LogP contribution in [0.2, 0.25) is 0 Å². The summed E-state index contributed by atoms with van der Waals surface area (Å²) < 4.78 is 9.38. The first-order valence-corrected chi connectivity index (χ1v) is 9.19. The molecular formula is C18H22BrN3O3. The summed E-state index contributed by atoms with van der Waals surface area (Å²) in [5.41, 5.74) is 0.135. The highest BCUT2D eigenvalue weighted by molar-refractivity contribution is 9.10. The van der Waals surface area contributed by atoms with Crippen molar-refractivity contribution >= 4 is 21.9 Å². The molecule has 0 bridgehead atoms. The van der Waals surface area contributed by atoms with Crippen LogP contribution in [0.1, 0.15) is 51.0 Å². The van der Waals surface area contributed by atoms with Crippen molar-refractivity contribution in [3.05, 3.63) is 50.6 Å². The van der Waals surface area contributed by atoms with Gasteiger partial charge in [-0.25, -0.2) is 14.3 Å². The topological polar surface area (TPSA) is 66.1 Å². The summed E-state index contributed by atoms with van der Waals surface area (Å²) in [6, 6.07) is 7.16. The average molecular weight is 408 g/mol. The lowest BCUT2D eigenvalue weighted by molar-refractivity contribution is -0.159. The molecule has 0 spiro atoms. The van der Waals surface area contributed by atoms with E-state index in [1.54, 1.807) is 0 Å². The number of aryl methyl sites for hydroxylation is 1. The number of carbonyl (C=O) groups excluding carboxylic acids is 1. The molecule has 0 aliphatic carbocycles. The van der Waals surface area contributed by atoms with Gasteiger partial charge in [-0.15, -0.1) is 0 Å². The maximum atomic E-state index is 12.8. The summed E-state index contributed by atoms with van der Waals surface area (Å²) in [4.78, 5) is 25.3. The molecular weight excluding hydrogens is 386 g/mol. The smallest absolute Gasteiger partial charge is 0.347 e. The number of carbonyl (C=O) groups is 1. The number of hydrogen-bond acceptors (Lipinski definition) is 4. The predicted molar refractivity (Wildman–Crippen MR) is 97.6 cm³/mol. The van der Waals surface area contributed by atoms with Gasteiger partial charge in [-0.05, 0) is 51.3 Å². The molecule has 3 rings (SSSR count). The van der Waals surface area contributed by atoms with E-state index in [0.29, 0.717) is 25.2 Å². The van der Waals surface area contributed by atoms with Crippen molar-refractivity contribution in [1.29, 1.82) is 0 Å². The Morgan fingerprint density at radius 3 is 2.84 bits per heavy atom. The van der Waals surface area contributed by atoms with Crippen molar-refractivity contribution in [2.75, 3.05) is 0 Å². The van der Waals surface area contributed by atoms with E-state index in [4.69, 9.17) is 4.74 Å². The van der Waals surface area contributed by atoms with Crippen LogP contribution < -0.4 is 5.69 Å². The lowest BCUT2D eigenvalue weighted by atomic mass is 10.0. The second-order valence-corrected chi connectivity index (χ2v) is 8.21. The Kier molecular flexibility index (Phi) is 4.86. The molecule has 0 saturated heterocycles. The molecule has 0 N–H and O–H groups in total. The third-order valence-electron chi connectivity index (χ3n) is 4.03. The van der Waals surface area contributed by atoms with E-state index in [-0.39, 0.29) is 11.7 Å². The fourth-order valence-electron chi connectivity index (χ4n) is 3.04. The minimum absolute atomic E-state index is 0.259. The Bertz CT molecular complexity index is 848. The van der Waals surface area contributed by atoms with Crippen LogP contribution in [0.15, 0.2) is 33.5 Å². The van der Waals surface area contributed by atoms with Crippen LogP contribution in [-0.4, -0.2) is 25.9 Å². The van der Waals surface area contributed by atoms with Crippen LogP contribution in [0.4, 0.5) is 0 Å². The van der Waals surface area contributed by atoms with E-state index < -0.39 is 11.6 Å². The third-order valence-corrected chi connectivity index (χ3v) is 4.52. The van der Waals surface area contributed by atoms with E-state index in [9.17, 15) is 9.59 Å². The van der Waals surface area contributed by atoms with Crippen molar-refractivity contribution in [3.63, 3.8) is 0 Å². The molecule has 1 atom stereocenters. The summed E-state index contributed by atoms with van der Waals surface area (Å²) in [5.74, 6) is 0.291. The number of hydrogen-bond donors (Lipinski definition) is 0. The monoisotopic (exact) mass is 407 g/mol. The summed E-state index contributed by atoms with van der Waals surface area (Å²) >= 11 is 3.43. The van der Waals surface area contributed by atoms with Crippen LogP contribution in [0.5, 0.6) is 0 Å². The van der Waals surface area contributed by atoms with Gasteiger partial charge in [-0.1, -0.05) is 28.1 Å². The quantitative estimate of drug-likeness (QED) is 0.733. The van der Waals surface area contributed by atoms with E-state index in [1.165, 1.54) is 9.25 Å². The van der Waals surface area contributed by atoms with Gasteiger partial charge >= 0.3 is 11.7 Å². The summed E-state index contributed by atoms with van der Waals surface area (Å²) in [6.07, 6.45) is 2.11. The molecule has 0 amide bonds. The van der Waals surface area contributed by atoms with Gasteiger partial charge in [-0.2, -0.15) is 5.10 Å². The van der Waals surface area contributed by atoms with Gasteiger partial charge in [0, 0.05) is 10.9 Å². The molecule has 1 unspecified atom stereocenters. The van der Waals surface area contributed by atoms with E-state index >= 15 is 0 Å². The largest absolute Gasteiger partial charge is 0.458 e.